The van der Waals surface area contributed by atoms with Crippen LogP contribution < -0.4 is 5.32 Å². The molecule has 1 N–H and O–H groups in total. The average Bonchev–Trinajstić information content (AvgIpc) is 3.00. The van der Waals surface area contributed by atoms with Crippen molar-refractivity contribution in [3.8, 4) is 0 Å². The summed E-state index contributed by atoms with van der Waals surface area (Å²) in [5.74, 6) is 0.939. The molecule has 1 aliphatic carbocycles. The van der Waals surface area contributed by atoms with E-state index >= 15 is 0 Å². The van der Waals surface area contributed by atoms with Crippen molar-refractivity contribution >= 4 is 11.3 Å². The minimum Gasteiger partial charge on any atom is -0.305 e. The lowest BCUT2D eigenvalue weighted by molar-refractivity contribution is 0.370. The fourth-order valence-corrected chi connectivity index (χ4v) is 3.08. The Morgan fingerprint density at radius 1 is 1.50 bits per heavy atom. The predicted molar refractivity (Wildman–Crippen MR) is 69.7 cm³/mol. The summed E-state index contributed by atoms with van der Waals surface area (Å²) in [6.45, 7) is 4.52. The highest BCUT2D eigenvalue weighted by molar-refractivity contribution is 7.09. The highest BCUT2D eigenvalue weighted by Gasteiger charge is 2.32. The van der Waals surface area contributed by atoms with Gasteiger partial charge in [0.15, 0.2) is 0 Å². The van der Waals surface area contributed by atoms with Crippen LogP contribution >= 0.6 is 11.3 Å². The van der Waals surface area contributed by atoms with Crippen molar-refractivity contribution < 1.29 is 0 Å². The van der Waals surface area contributed by atoms with Crippen molar-refractivity contribution in [1.82, 2.24) is 10.3 Å². The van der Waals surface area contributed by atoms with E-state index < -0.39 is 0 Å². The van der Waals surface area contributed by atoms with Gasteiger partial charge in [0.05, 0.1) is 6.04 Å². The van der Waals surface area contributed by atoms with E-state index in [9.17, 15) is 0 Å². The zero-order chi connectivity index (χ0) is 11.4. The Morgan fingerprint density at radius 2 is 2.31 bits per heavy atom. The van der Waals surface area contributed by atoms with Crippen LogP contribution in [-0.2, 0) is 0 Å². The lowest BCUT2D eigenvalue weighted by atomic mass is 10.1. The molecule has 0 radical (unpaired) electrons. The molecule has 1 heterocycles. The number of nitrogens with zero attached hydrogens (tertiary/aromatic N) is 1. The third-order valence-electron chi connectivity index (χ3n) is 3.36. The molecular formula is C13H22N2S. The second-order valence-electron chi connectivity index (χ2n) is 4.73. The normalized spacial score (nSPS) is 19.6. The first-order valence-electron chi connectivity index (χ1n) is 6.50. The highest BCUT2D eigenvalue weighted by Crippen LogP contribution is 2.36. The van der Waals surface area contributed by atoms with Crippen LogP contribution in [0.25, 0.3) is 0 Å². The zero-order valence-corrected chi connectivity index (χ0v) is 11.1. The Hall–Kier alpha value is -0.410. The van der Waals surface area contributed by atoms with Gasteiger partial charge in [-0.2, -0.15) is 0 Å². The topological polar surface area (TPSA) is 24.9 Å². The maximum absolute atomic E-state index is 4.44. The van der Waals surface area contributed by atoms with Gasteiger partial charge in [-0.3, -0.25) is 0 Å². The fraction of sp³-hybridized carbons (Fsp3) is 0.769. The summed E-state index contributed by atoms with van der Waals surface area (Å²) in [6, 6.07) is 1.19. The van der Waals surface area contributed by atoms with Gasteiger partial charge in [-0.1, -0.05) is 20.3 Å². The Balaban J connectivity index is 1.93. The second-order valence-corrected chi connectivity index (χ2v) is 5.66. The van der Waals surface area contributed by atoms with Crippen LogP contribution in [0.1, 0.15) is 57.0 Å². The van der Waals surface area contributed by atoms with E-state index in [0.717, 1.165) is 18.4 Å². The first-order valence-corrected chi connectivity index (χ1v) is 7.38. The summed E-state index contributed by atoms with van der Waals surface area (Å²) >= 11 is 1.77. The Bertz CT molecular complexity index is 293. The van der Waals surface area contributed by atoms with Gasteiger partial charge in [-0.05, 0) is 31.6 Å². The van der Waals surface area contributed by atoms with E-state index in [2.05, 4.69) is 29.5 Å². The molecular weight excluding hydrogens is 216 g/mol. The van der Waals surface area contributed by atoms with Crippen molar-refractivity contribution in [2.75, 3.05) is 0 Å². The third-order valence-corrected chi connectivity index (χ3v) is 4.25. The van der Waals surface area contributed by atoms with Crippen LogP contribution in [0.4, 0.5) is 0 Å². The molecule has 0 aromatic carbocycles. The molecule has 2 unspecified atom stereocenters. The molecule has 2 atom stereocenters. The SMILES string of the molecule is CCCC(NC(CC)c1nccs1)C1CC1. The standard InChI is InChI=1S/C13H22N2S/c1-3-5-12(10-6-7-10)15-11(4-2)13-14-8-9-16-13/h8-12,15H,3-7H2,1-2H3. The summed E-state index contributed by atoms with van der Waals surface area (Å²) in [5, 5.41) is 7.15. The van der Waals surface area contributed by atoms with E-state index in [1.54, 1.807) is 11.3 Å². The highest BCUT2D eigenvalue weighted by atomic mass is 32.1. The van der Waals surface area contributed by atoms with Crippen molar-refractivity contribution in [3.63, 3.8) is 0 Å². The third kappa shape index (κ3) is 3.05. The van der Waals surface area contributed by atoms with Crippen LogP contribution in [-0.4, -0.2) is 11.0 Å². The second kappa shape index (κ2) is 5.78. The summed E-state index contributed by atoms with van der Waals surface area (Å²) in [7, 11) is 0. The molecule has 1 aliphatic rings. The van der Waals surface area contributed by atoms with E-state index in [1.807, 2.05) is 6.20 Å². The van der Waals surface area contributed by atoms with Gasteiger partial charge >= 0.3 is 0 Å². The lowest BCUT2D eigenvalue weighted by Gasteiger charge is -2.23. The quantitative estimate of drug-likeness (QED) is 0.782. The molecule has 16 heavy (non-hydrogen) atoms. The summed E-state index contributed by atoms with van der Waals surface area (Å²) in [4.78, 5) is 4.44. The minimum absolute atomic E-state index is 0.470. The molecule has 1 fully saturated rings. The van der Waals surface area contributed by atoms with Crippen LogP contribution in [0.15, 0.2) is 11.6 Å². The van der Waals surface area contributed by atoms with Gasteiger partial charge < -0.3 is 5.32 Å². The van der Waals surface area contributed by atoms with Crippen molar-refractivity contribution in [3.05, 3.63) is 16.6 Å². The largest absolute Gasteiger partial charge is 0.305 e. The smallest absolute Gasteiger partial charge is 0.109 e. The van der Waals surface area contributed by atoms with Crippen LogP contribution in [0.5, 0.6) is 0 Å². The summed E-state index contributed by atoms with van der Waals surface area (Å²) < 4.78 is 0. The van der Waals surface area contributed by atoms with E-state index in [4.69, 9.17) is 0 Å². The van der Waals surface area contributed by atoms with E-state index in [-0.39, 0.29) is 0 Å². The van der Waals surface area contributed by atoms with Gasteiger partial charge in [-0.15, -0.1) is 11.3 Å². The molecule has 2 rings (SSSR count). The van der Waals surface area contributed by atoms with Gasteiger partial charge in [0.25, 0.3) is 0 Å². The maximum atomic E-state index is 4.44. The molecule has 3 heteroatoms. The number of rotatable bonds is 7. The van der Waals surface area contributed by atoms with Gasteiger partial charge in [0.2, 0.25) is 0 Å². The van der Waals surface area contributed by atoms with Crippen molar-refractivity contribution in [2.24, 2.45) is 5.92 Å². The molecule has 1 aromatic heterocycles. The predicted octanol–water partition coefficient (Wildman–Crippen LogP) is 3.76. The Labute approximate surface area is 102 Å². The Morgan fingerprint density at radius 3 is 2.81 bits per heavy atom. The van der Waals surface area contributed by atoms with Gasteiger partial charge in [-0.25, -0.2) is 4.98 Å². The number of hydrogen-bond acceptors (Lipinski definition) is 3. The molecule has 1 saturated carbocycles. The summed E-state index contributed by atoms with van der Waals surface area (Å²) in [5.41, 5.74) is 0. The first-order chi connectivity index (χ1) is 7.85. The maximum Gasteiger partial charge on any atom is 0.109 e. The fourth-order valence-electron chi connectivity index (χ4n) is 2.29. The van der Waals surface area contributed by atoms with Crippen LogP contribution in [0.3, 0.4) is 0 Å². The number of nitrogens with one attached hydrogen (secondary N) is 1. The average molecular weight is 238 g/mol. The van der Waals surface area contributed by atoms with Crippen molar-refractivity contribution in [2.45, 2.75) is 58.0 Å². The van der Waals surface area contributed by atoms with Crippen molar-refractivity contribution in [1.29, 1.82) is 0 Å². The number of aromatic nitrogens is 1. The number of hydrogen-bond donors (Lipinski definition) is 1. The molecule has 90 valence electrons. The Kier molecular flexibility index (Phi) is 4.36. The first kappa shape index (κ1) is 12.1. The zero-order valence-electron chi connectivity index (χ0n) is 10.3. The van der Waals surface area contributed by atoms with E-state index in [0.29, 0.717) is 6.04 Å². The number of thiazole rings is 1. The van der Waals surface area contributed by atoms with Crippen LogP contribution in [0, 0.1) is 5.92 Å². The van der Waals surface area contributed by atoms with Gasteiger partial charge in [0.1, 0.15) is 5.01 Å². The minimum atomic E-state index is 0.470. The molecule has 0 aliphatic heterocycles. The molecule has 0 saturated heterocycles. The lowest BCUT2D eigenvalue weighted by Crippen LogP contribution is -2.34. The molecule has 0 bridgehead atoms. The molecule has 1 aromatic rings. The molecule has 0 amide bonds. The van der Waals surface area contributed by atoms with Gasteiger partial charge in [0, 0.05) is 17.6 Å². The monoisotopic (exact) mass is 238 g/mol. The summed E-state index contributed by atoms with van der Waals surface area (Å²) in [6.07, 6.45) is 8.49. The molecule has 0 spiro atoms. The molecule has 2 nitrogen and oxygen atoms in total. The van der Waals surface area contributed by atoms with E-state index in [1.165, 1.54) is 30.7 Å². The van der Waals surface area contributed by atoms with Crippen LogP contribution in [0.2, 0.25) is 0 Å².